The molecule has 0 bridgehead atoms. The highest BCUT2D eigenvalue weighted by Gasteiger charge is 2.02. The summed E-state index contributed by atoms with van der Waals surface area (Å²) < 4.78 is 0. The number of anilines is 1. The monoisotopic (exact) mass is 405 g/mol. The minimum atomic E-state index is 0.746. The zero-order valence-electron chi connectivity index (χ0n) is 15.5. The van der Waals surface area contributed by atoms with Gasteiger partial charge in [-0.2, -0.15) is 24.4 Å². The van der Waals surface area contributed by atoms with Crippen molar-refractivity contribution in [3.05, 3.63) is 66.2 Å². The molecule has 0 saturated heterocycles. The molecule has 1 aromatic carbocycles. The molecule has 0 fully saturated rings. The molecule has 0 aliphatic carbocycles. The second-order valence-electron chi connectivity index (χ2n) is 4.87. The number of thiocarbonyl (C=S) groups is 1. The van der Waals surface area contributed by atoms with Crippen LogP contribution >= 0.6 is 36.6 Å². The molecule has 3 N–H and O–H groups in total. The van der Waals surface area contributed by atoms with Gasteiger partial charge in [-0.3, -0.25) is 4.98 Å². The van der Waals surface area contributed by atoms with Gasteiger partial charge in [-0.05, 0) is 47.9 Å². The van der Waals surface area contributed by atoms with Gasteiger partial charge in [0.15, 0.2) is 0 Å². The minimum Gasteiger partial charge on any atom is -0.398 e. The summed E-state index contributed by atoms with van der Waals surface area (Å²) in [4.78, 5) is 4.28. The molecule has 0 amide bonds. The third kappa shape index (κ3) is 9.08. The van der Waals surface area contributed by atoms with Crippen molar-refractivity contribution in [2.24, 2.45) is 0 Å². The highest BCUT2D eigenvalue weighted by atomic mass is 32.2. The molecule has 26 heavy (non-hydrogen) atoms. The smallest absolute Gasteiger partial charge is 0.0723 e. The number of nitrogens with two attached hydrogens (primary N) is 1. The van der Waals surface area contributed by atoms with E-state index in [0.29, 0.717) is 0 Å². The van der Waals surface area contributed by atoms with Gasteiger partial charge in [0.2, 0.25) is 0 Å². The molecule has 0 atom stereocenters. The first-order valence-electron chi connectivity index (χ1n) is 7.91. The fraction of sp³-hybridized carbons (Fsp3) is 0.200. The maximum Gasteiger partial charge on any atom is 0.0723 e. The van der Waals surface area contributed by atoms with Crippen molar-refractivity contribution in [2.45, 2.75) is 6.92 Å². The SMILES string of the molecule is C/C=C/C(=C\S)c1ccc2nccc(N)c2c1.C=CCSC.CNC=S. The second kappa shape index (κ2) is 15.5. The Bertz CT molecular complexity index is 740. The number of fused-ring (bicyclic) bond motifs is 1. The van der Waals surface area contributed by atoms with E-state index in [2.05, 4.69) is 48.0 Å². The molecule has 0 saturated carbocycles. The molecule has 0 aliphatic rings. The molecule has 2 rings (SSSR count). The number of rotatable bonds is 5. The quantitative estimate of drug-likeness (QED) is 0.270. The maximum atomic E-state index is 5.94. The molecular weight excluding hydrogens is 378 g/mol. The summed E-state index contributed by atoms with van der Waals surface area (Å²) in [6.45, 7) is 5.51. The van der Waals surface area contributed by atoms with E-state index in [1.807, 2.05) is 49.4 Å². The van der Waals surface area contributed by atoms with Crippen molar-refractivity contribution in [1.29, 1.82) is 0 Å². The lowest BCUT2D eigenvalue weighted by atomic mass is 10.0. The van der Waals surface area contributed by atoms with Gasteiger partial charge in [-0.1, -0.05) is 36.5 Å². The van der Waals surface area contributed by atoms with Gasteiger partial charge >= 0.3 is 0 Å². The van der Waals surface area contributed by atoms with Crippen LogP contribution in [0.2, 0.25) is 0 Å². The predicted octanol–water partition coefficient (Wildman–Crippen LogP) is 5.36. The highest BCUT2D eigenvalue weighted by molar-refractivity contribution is 7.98. The van der Waals surface area contributed by atoms with Crippen molar-refractivity contribution < 1.29 is 0 Å². The molecule has 0 radical (unpaired) electrons. The lowest BCUT2D eigenvalue weighted by Crippen LogP contribution is -1.95. The van der Waals surface area contributed by atoms with Gasteiger partial charge in [0.05, 0.1) is 11.0 Å². The van der Waals surface area contributed by atoms with Crippen LogP contribution in [0.4, 0.5) is 5.69 Å². The Hall–Kier alpha value is -1.76. The van der Waals surface area contributed by atoms with Crippen LogP contribution in [0.3, 0.4) is 0 Å². The Kier molecular flexibility index (Phi) is 14.4. The maximum absolute atomic E-state index is 5.94. The molecule has 1 aromatic heterocycles. The summed E-state index contributed by atoms with van der Waals surface area (Å²) in [5.41, 5.74) is 11.2. The number of aromatic nitrogens is 1. The van der Waals surface area contributed by atoms with Gasteiger partial charge < -0.3 is 11.1 Å². The number of hydrogen-bond donors (Lipinski definition) is 3. The molecule has 1 heterocycles. The first-order valence-corrected chi connectivity index (χ1v) is 10.3. The van der Waals surface area contributed by atoms with Crippen LogP contribution in [0.15, 0.2) is 60.7 Å². The average Bonchev–Trinajstić information content (AvgIpc) is 2.67. The summed E-state index contributed by atoms with van der Waals surface area (Å²) >= 11 is 10.3. The molecule has 2 aromatic rings. The number of thioether (sulfide) groups is 1. The van der Waals surface area contributed by atoms with Crippen molar-refractivity contribution in [1.82, 2.24) is 10.3 Å². The summed E-state index contributed by atoms with van der Waals surface area (Å²) in [5, 5.41) is 5.38. The molecule has 140 valence electrons. The van der Waals surface area contributed by atoms with Crippen LogP contribution in [0, 0.1) is 0 Å². The Morgan fingerprint density at radius 3 is 2.58 bits per heavy atom. The Morgan fingerprint density at radius 1 is 1.42 bits per heavy atom. The van der Waals surface area contributed by atoms with Crippen LogP contribution < -0.4 is 11.1 Å². The summed E-state index contributed by atoms with van der Waals surface area (Å²) in [5.74, 6) is 1.07. The average molecular weight is 406 g/mol. The van der Waals surface area contributed by atoms with Gasteiger partial charge in [-0.15, -0.1) is 6.58 Å². The number of benzene rings is 1. The van der Waals surface area contributed by atoms with Crippen molar-refractivity contribution >= 4 is 64.3 Å². The number of pyridine rings is 1. The topological polar surface area (TPSA) is 50.9 Å². The number of nitrogens with one attached hydrogen (secondary N) is 1. The first-order chi connectivity index (χ1) is 12.6. The summed E-state index contributed by atoms with van der Waals surface area (Å²) in [7, 11) is 1.77. The highest BCUT2D eigenvalue weighted by Crippen LogP contribution is 2.25. The van der Waals surface area contributed by atoms with Crippen LogP contribution in [-0.4, -0.2) is 29.5 Å². The third-order valence-electron chi connectivity index (χ3n) is 3.00. The third-order valence-corrected chi connectivity index (χ3v) is 4.08. The molecular formula is C20H27N3S3. The molecule has 6 heteroatoms. The van der Waals surface area contributed by atoms with Crippen molar-refractivity contribution in [3.63, 3.8) is 0 Å². The lowest BCUT2D eigenvalue weighted by Gasteiger charge is -2.05. The fourth-order valence-electron chi connectivity index (χ4n) is 1.86. The van der Waals surface area contributed by atoms with Gasteiger partial charge in [0, 0.05) is 30.1 Å². The van der Waals surface area contributed by atoms with E-state index in [0.717, 1.165) is 33.5 Å². The Labute approximate surface area is 172 Å². The molecule has 3 nitrogen and oxygen atoms in total. The lowest BCUT2D eigenvalue weighted by molar-refractivity contribution is 1.24. The minimum absolute atomic E-state index is 0.746. The zero-order valence-corrected chi connectivity index (χ0v) is 18.0. The molecule has 0 aliphatic heterocycles. The van der Waals surface area contributed by atoms with E-state index in [-0.39, 0.29) is 0 Å². The van der Waals surface area contributed by atoms with E-state index in [9.17, 15) is 0 Å². The van der Waals surface area contributed by atoms with E-state index in [1.165, 1.54) is 5.49 Å². The first kappa shape index (κ1) is 24.2. The van der Waals surface area contributed by atoms with Gasteiger partial charge in [-0.25, -0.2) is 0 Å². The standard InChI is InChI=1S/C14H14N2S.C4H8S.C2H5NS/c1-2-3-11(9-17)10-4-5-14-12(8-10)13(15)6-7-16-14;1-3-4-5-2;1-3-2-4/h2-9,17H,1H3,(H2,15,16);3H,1,4H2,2H3;2H,1H3,(H,3,4)/b3-2+,11-9+;;. The van der Waals surface area contributed by atoms with Crippen molar-refractivity contribution in [2.75, 3.05) is 24.8 Å². The van der Waals surface area contributed by atoms with Gasteiger partial charge in [0.1, 0.15) is 0 Å². The Balaban J connectivity index is 0.000000582. The van der Waals surface area contributed by atoms with Crippen LogP contribution in [-0.2, 0) is 0 Å². The van der Waals surface area contributed by atoms with Crippen LogP contribution in [0.5, 0.6) is 0 Å². The second-order valence-corrected chi connectivity index (χ2v) is 6.27. The fourth-order valence-corrected chi connectivity index (χ4v) is 2.33. The number of thiol groups is 1. The Morgan fingerprint density at radius 2 is 2.12 bits per heavy atom. The van der Waals surface area contributed by atoms with Crippen LogP contribution in [0.1, 0.15) is 12.5 Å². The molecule has 0 unspecified atom stereocenters. The van der Waals surface area contributed by atoms with Crippen LogP contribution in [0.25, 0.3) is 16.5 Å². The summed E-state index contributed by atoms with van der Waals surface area (Å²) in [6.07, 6.45) is 9.67. The largest absolute Gasteiger partial charge is 0.398 e. The van der Waals surface area contributed by atoms with Crippen molar-refractivity contribution in [3.8, 4) is 0 Å². The van der Waals surface area contributed by atoms with E-state index in [1.54, 1.807) is 30.4 Å². The zero-order chi connectivity index (χ0) is 19.8. The molecule has 0 spiro atoms. The van der Waals surface area contributed by atoms with E-state index >= 15 is 0 Å². The number of nitrogen functional groups attached to an aromatic ring is 1. The summed E-state index contributed by atoms with van der Waals surface area (Å²) in [6, 6.07) is 7.85. The number of allylic oxidation sites excluding steroid dienone is 3. The number of nitrogens with zero attached hydrogens (tertiary/aromatic N) is 1. The van der Waals surface area contributed by atoms with Gasteiger partial charge in [0.25, 0.3) is 0 Å². The van der Waals surface area contributed by atoms with E-state index in [4.69, 9.17) is 5.73 Å². The number of hydrogen-bond acceptors (Lipinski definition) is 5. The normalized spacial score (nSPS) is 10.4. The van der Waals surface area contributed by atoms with E-state index < -0.39 is 0 Å². The predicted molar refractivity (Wildman–Crippen MR) is 129 cm³/mol.